The quantitative estimate of drug-likeness (QED) is 0.602. The Morgan fingerprint density at radius 1 is 1.25 bits per heavy atom. The minimum atomic E-state index is -0.819. The number of hydrogen-bond acceptors (Lipinski definition) is 3. The van der Waals surface area contributed by atoms with Crippen molar-refractivity contribution in [3.05, 3.63) is 63.2 Å². The van der Waals surface area contributed by atoms with Crippen LogP contribution in [-0.4, -0.2) is 12.9 Å². The van der Waals surface area contributed by atoms with Crippen molar-refractivity contribution in [2.75, 3.05) is 7.11 Å². The van der Waals surface area contributed by atoms with Crippen LogP contribution in [0.15, 0.2) is 48.5 Å². The molecule has 0 fully saturated rings. The molecule has 1 unspecified atom stereocenters. The van der Waals surface area contributed by atoms with Gasteiger partial charge >= 0.3 is 0 Å². The molecule has 2 rings (SSSR count). The van der Waals surface area contributed by atoms with Crippen molar-refractivity contribution >= 4 is 28.4 Å². The maximum atomic E-state index is 12.5. The normalized spacial score (nSPS) is 11.4. The highest BCUT2D eigenvalue weighted by molar-refractivity contribution is 14.1. The van der Waals surface area contributed by atoms with Crippen LogP contribution in [0.3, 0.4) is 0 Å². The minimum Gasteiger partial charge on any atom is -0.497 e. The van der Waals surface area contributed by atoms with E-state index in [1.165, 1.54) is 0 Å². The molecule has 0 aliphatic rings. The highest BCUT2D eigenvalue weighted by Gasteiger charge is 2.23. The summed E-state index contributed by atoms with van der Waals surface area (Å²) >= 11 is 2.10. The van der Waals surface area contributed by atoms with Gasteiger partial charge in [-0.15, -0.1) is 0 Å². The van der Waals surface area contributed by atoms with Crippen molar-refractivity contribution in [1.82, 2.24) is 0 Å². The van der Waals surface area contributed by atoms with Gasteiger partial charge in [0.15, 0.2) is 5.78 Å². The first-order valence-electron chi connectivity index (χ1n) is 5.99. The Morgan fingerprint density at radius 2 is 2.00 bits per heavy atom. The molecule has 4 heteroatoms. The van der Waals surface area contributed by atoms with E-state index in [2.05, 4.69) is 28.7 Å². The molecule has 0 amide bonds. The number of Topliss-reactive ketones (excluding diaryl/α,β-unsaturated/α-hetero) is 1. The van der Waals surface area contributed by atoms with Crippen LogP contribution in [0.4, 0.5) is 0 Å². The molecule has 2 aromatic carbocycles. The van der Waals surface area contributed by atoms with Crippen LogP contribution >= 0.6 is 22.6 Å². The molecule has 0 saturated heterocycles. The van der Waals surface area contributed by atoms with Gasteiger partial charge in [-0.25, -0.2) is 0 Å². The van der Waals surface area contributed by atoms with E-state index in [0.29, 0.717) is 16.9 Å². The van der Waals surface area contributed by atoms with Gasteiger partial charge in [-0.2, -0.15) is 5.26 Å². The van der Waals surface area contributed by atoms with Crippen LogP contribution in [0.5, 0.6) is 5.75 Å². The second-order valence-corrected chi connectivity index (χ2v) is 5.35. The Hall–Kier alpha value is -1.87. The highest BCUT2D eigenvalue weighted by atomic mass is 127. The molecule has 0 saturated carbocycles. The summed E-state index contributed by atoms with van der Waals surface area (Å²) in [7, 11) is 1.56. The fraction of sp³-hybridized carbons (Fsp3) is 0.125. The molecule has 0 heterocycles. The van der Waals surface area contributed by atoms with E-state index in [1.807, 2.05) is 12.1 Å². The molecule has 0 aromatic heterocycles. The molecule has 3 nitrogen and oxygen atoms in total. The number of benzene rings is 2. The Bertz CT molecular complexity index is 676. The molecule has 0 bridgehead atoms. The number of carbonyl (C=O) groups excluding carboxylic acids is 1. The summed E-state index contributed by atoms with van der Waals surface area (Å²) < 4.78 is 5.98. The Balaban J connectivity index is 2.40. The second kappa shape index (κ2) is 6.53. The van der Waals surface area contributed by atoms with Crippen molar-refractivity contribution in [1.29, 1.82) is 5.26 Å². The molecule has 0 N–H and O–H groups in total. The van der Waals surface area contributed by atoms with Crippen molar-refractivity contribution in [3.8, 4) is 11.8 Å². The first kappa shape index (κ1) is 14.5. The molecule has 1 atom stereocenters. The number of ketones is 1. The third-order valence-electron chi connectivity index (χ3n) is 2.96. The fourth-order valence-electron chi connectivity index (χ4n) is 1.92. The van der Waals surface area contributed by atoms with E-state index >= 15 is 0 Å². The second-order valence-electron chi connectivity index (χ2n) is 4.18. The highest BCUT2D eigenvalue weighted by Crippen LogP contribution is 2.25. The number of ether oxygens (including phenoxy) is 1. The average molecular weight is 377 g/mol. The molecular formula is C16H12INO2. The molecule has 2 aromatic rings. The molecule has 0 spiro atoms. The third kappa shape index (κ3) is 2.99. The predicted octanol–water partition coefficient (Wildman–Crippen LogP) is 3.79. The van der Waals surface area contributed by atoms with Gasteiger partial charge in [0.1, 0.15) is 11.7 Å². The molecular weight excluding hydrogens is 365 g/mol. The van der Waals surface area contributed by atoms with Crippen molar-refractivity contribution in [3.63, 3.8) is 0 Å². The average Bonchev–Trinajstić information content (AvgIpc) is 2.48. The van der Waals surface area contributed by atoms with Gasteiger partial charge in [-0.05, 0) is 46.4 Å². The number of carbonyl (C=O) groups is 1. The zero-order valence-corrected chi connectivity index (χ0v) is 13.0. The largest absolute Gasteiger partial charge is 0.497 e. The molecule has 0 radical (unpaired) electrons. The van der Waals surface area contributed by atoms with Crippen LogP contribution in [0.1, 0.15) is 21.8 Å². The summed E-state index contributed by atoms with van der Waals surface area (Å²) in [5.74, 6) is -0.370. The van der Waals surface area contributed by atoms with Gasteiger partial charge in [0.05, 0.1) is 13.2 Å². The van der Waals surface area contributed by atoms with E-state index < -0.39 is 5.92 Å². The maximum absolute atomic E-state index is 12.5. The first-order chi connectivity index (χ1) is 9.67. The number of rotatable bonds is 4. The SMILES string of the molecule is COc1cccc(C(C#N)C(=O)c2ccccc2I)c1. The standard InChI is InChI=1S/C16H12INO2/c1-20-12-6-4-5-11(9-12)14(10-18)16(19)13-7-2-3-8-15(13)17/h2-9,14H,1H3. The van der Waals surface area contributed by atoms with Crippen molar-refractivity contribution < 1.29 is 9.53 Å². The van der Waals surface area contributed by atoms with Gasteiger partial charge < -0.3 is 4.74 Å². The lowest BCUT2D eigenvalue weighted by molar-refractivity contribution is 0.0978. The fourth-order valence-corrected chi connectivity index (χ4v) is 2.58. The zero-order valence-electron chi connectivity index (χ0n) is 10.8. The van der Waals surface area contributed by atoms with Crippen LogP contribution in [0.2, 0.25) is 0 Å². The van der Waals surface area contributed by atoms with Gasteiger partial charge in [-0.1, -0.05) is 30.3 Å². The van der Waals surface area contributed by atoms with E-state index in [-0.39, 0.29) is 5.78 Å². The third-order valence-corrected chi connectivity index (χ3v) is 3.90. The topological polar surface area (TPSA) is 50.1 Å². The van der Waals surface area contributed by atoms with Crippen LogP contribution in [0, 0.1) is 14.9 Å². The summed E-state index contributed by atoms with van der Waals surface area (Å²) in [6.45, 7) is 0. The van der Waals surface area contributed by atoms with Crippen molar-refractivity contribution in [2.45, 2.75) is 5.92 Å². The van der Waals surface area contributed by atoms with Crippen LogP contribution in [0.25, 0.3) is 0 Å². The number of nitriles is 1. The van der Waals surface area contributed by atoms with E-state index in [0.717, 1.165) is 3.57 Å². The smallest absolute Gasteiger partial charge is 0.185 e. The molecule has 100 valence electrons. The minimum absolute atomic E-state index is 0.189. The lowest BCUT2D eigenvalue weighted by Gasteiger charge is -2.11. The summed E-state index contributed by atoms with van der Waals surface area (Å²) in [5, 5.41) is 9.35. The number of halogens is 1. The molecule has 0 aliphatic heterocycles. The Kier molecular flexibility index (Phi) is 4.74. The number of hydrogen-bond donors (Lipinski definition) is 0. The van der Waals surface area contributed by atoms with Gasteiger partial charge in [0.2, 0.25) is 0 Å². The molecule has 0 aliphatic carbocycles. The predicted molar refractivity (Wildman–Crippen MR) is 84.8 cm³/mol. The lowest BCUT2D eigenvalue weighted by Crippen LogP contribution is -2.12. The number of nitrogens with zero attached hydrogens (tertiary/aromatic N) is 1. The first-order valence-corrected chi connectivity index (χ1v) is 7.07. The van der Waals surface area contributed by atoms with Crippen LogP contribution < -0.4 is 4.74 Å². The summed E-state index contributed by atoms with van der Waals surface area (Å²) in [5.41, 5.74) is 1.22. The zero-order chi connectivity index (χ0) is 14.5. The van der Waals surface area contributed by atoms with E-state index in [4.69, 9.17) is 4.74 Å². The van der Waals surface area contributed by atoms with Gasteiger partial charge in [0, 0.05) is 9.13 Å². The van der Waals surface area contributed by atoms with E-state index in [9.17, 15) is 10.1 Å². The Labute approximate surface area is 131 Å². The van der Waals surface area contributed by atoms with Gasteiger partial charge in [0.25, 0.3) is 0 Å². The Morgan fingerprint density at radius 3 is 2.65 bits per heavy atom. The maximum Gasteiger partial charge on any atom is 0.185 e. The summed E-state index contributed by atoms with van der Waals surface area (Å²) in [6.07, 6.45) is 0. The van der Waals surface area contributed by atoms with Crippen LogP contribution in [-0.2, 0) is 0 Å². The lowest BCUT2D eigenvalue weighted by atomic mass is 9.92. The number of methoxy groups -OCH3 is 1. The van der Waals surface area contributed by atoms with Crippen molar-refractivity contribution in [2.24, 2.45) is 0 Å². The summed E-state index contributed by atoms with van der Waals surface area (Å²) in [6, 6.07) is 16.4. The summed E-state index contributed by atoms with van der Waals surface area (Å²) in [4.78, 5) is 12.5. The van der Waals surface area contributed by atoms with Gasteiger partial charge in [-0.3, -0.25) is 4.79 Å². The molecule has 20 heavy (non-hydrogen) atoms. The van der Waals surface area contributed by atoms with E-state index in [1.54, 1.807) is 43.5 Å². The monoisotopic (exact) mass is 377 g/mol.